The molecule has 106 valence electrons. The number of anilines is 4. The highest BCUT2D eigenvalue weighted by atomic mass is 15.1. The van der Waals surface area contributed by atoms with Gasteiger partial charge in [0.25, 0.3) is 0 Å². The first-order valence-electron chi connectivity index (χ1n) is 7.12. The Morgan fingerprint density at radius 2 is 1.65 bits per heavy atom. The lowest BCUT2D eigenvalue weighted by atomic mass is 10.1. The summed E-state index contributed by atoms with van der Waals surface area (Å²) in [5.74, 6) is 0. The summed E-state index contributed by atoms with van der Waals surface area (Å²) in [6, 6.07) is 14.5. The summed E-state index contributed by atoms with van der Waals surface area (Å²) in [7, 11) is 0. The summed E-state index contributed by atoms with van der Waals surface area (Å²) < 4.78 is 0. The van der Waals surface area contributed by atoms with Gasteiger partial charge in [-0.05, 0) is 56.7 Å². The van der Waals surface area contributed by atoms with Crippen molar-refractivity contribution in [1.82, 2.24) is 0 Å². The predicted octanol–water partition coefficient (Wildman–Crippen LogP) is 4.17. The first kappa shape index (κ1) is 14.3. The number of nitrogens with one attached hydrogen (secondary N) is 1. The number of nitrogen functional groups attached to an aromatic ring is 1. The number of aryl methyl sites for hydroxylation is 1. The standard InChI is InChI=1S/C17H23N3/c1-4-20(5-2)15-11-9-14(10-12-15)19-16-8-6-7-13(3)17(16)18/h6-12,19H,4-5,18H2,1-3H3. The zero-order chi connectivity index (χ0) is 14.5. The number of hydrogen-bond acceptors (Lipinski definition) is 3. The van der Waals surface area contributed by atoms with Crippen LogP contribution in [0.4, 0.5) is 22.7 Å². The number of nitrogens with two attached hydrogens (primary N) is 1. The Morgan fingerprint density at radius 3 is 2.25 bits per heavy atom. The summed E-state index contributed by atoms with van der Waals surface area (Å²) >= 11 is 0. The first-order valence-corrected chi connectivity index (χ1v) is 7.12. The molecule has 3 nitrogen and oxygen atoms in total. The third kappa shape index (κ3) is 3.05. The quantitative estimate of drug-likeness (QED) is 0.801. The highest BCUT2D eigenvalue weighted by Gasteiger charge is 2.04. The molecule has 0 saturated heterocycles. The number of benzene rings is 2. The van der Waals surface area contributed by atoms with Crippen molar-refractivity contribution in [2.45, 2.75) is 20.8 Å². The molecule has 0 heterocycles. The minimum Gasteiger partial charge on any atom is -0.397 e. The minimum atomic E-state index is 0.806. The molecule has 2 aromatic rings. The second kappa shape index (κ2) is 6.33. The first-order chi connectivity index (χ1) is 9.65. The van der Waals surface area contributed by atoms with Crippen LogP contribution < -0.4 is 16.0 Å². The molecule has 20 heavy (non-hydrogen) atoms. The van der Waals surface area contributed by atoms with Crippen LogP contribution in [0.25, 0.3) is 0 Å². The summed E-state index contributed by atoms with van der Waals surface area (Å²) in [4.78, 5) is 2.32. The summed E-state index contributed by atoms with van der Waals surface area (Å²) in [5.41, 5.74) is 11.2. The molecule has 0 amide bonds. The highest BCUT2D eigenvalue weighted by Crippen LogP contribution is 2.26. The van der Waals surface area contributed by atoms with Crippen LogP contribution in [0.2, 0.25) is 0 Å². The molecule has 0 spiro atoms. The molecule has 0 aliphatic rings. The maximum absolute atomic E-state index is 6.08. The van der Waals surface area contributed by atoms with Crippen molar-refractivity contribution in [3.05, 3.63) is 48.0 Å². The van der Waals surface area contributed by atoms with E-state index in [1.165, 1.54) is 5.69 Å². The molecule has 0 unspecified atom stereocenters. The van der Waals surface area contributed by atoms with E-state index in [4.69, 9.17) is 5.73 Å². The number of nitrogens with zero attached hydrogens (tertiary/aromatic N) is 1. The van der Waals surface area contributed by atoms with Gasteiger partial charge >= 0.3 is 0 Å². The van der Waals surface area contributed by atoms with E-state index >= 15 is 0 Å². The van der Waals surface area contributed by atoms with E-state index < -0.39 is 0 Å². The molecule has 2 rings (SSSR count). The van der Waals surface area contributed by atoms with Crippen LogP contribution in [0.3, 0.4) is 0 Å². The van der Waals surface area contributed by atoms with Crippen molar-refractivity contribution in [2.75, 3.05) is 29.0 Å². The SMILES string of the molecule is CCN(CC)c1ccc(Nc2cccc(C)c2N)cc1. The molecule has 0 aromatic heterocycles. The zero-order valence-electron chi connectivity index (χ0n) is 12.5. The molecule has 3 heteroatoms. The van der Waals surface area contributed by atoms with E-state index in [2.05, 4.69) is 48.3 Å². The Kier molecular flexibility index (Phi) is 4.51. The van der Waals surface area contributed by atoms with Crippen molar-refractivity contribution < 1.29 is 0 Å². The monoisotopic (exact) mass is 269 g/mol. The summed E-state index contributed by atoms with van der Waals surface area (Å²) in [6.07, 6.45) is 0. The molecule has 2 aromatic carbocycles. The number of para-hydroxylation sites is 1. The van der Waals surface area contributed by atoms with E-state index in [1.54, 1.807) is 0 Å². The third-order valence-corrected chi connectivity index (χ3v) is 3.60. The van der Waals surface area contributed by atoms with Crippen molar-refractivity contribution in [1.29, 1.82) is 0 Å². The van der Waals surface area contributed by atoms with E-state index in [1.807, 2.05) is 25.1 Å². The normalized spacial score (nSPS) is 10.3. The van der Waals surface area contributed by atoms with E-state index in [9.17, 15) is 0 Å². The molecule has 0 bridgehead atoms. The zero-order valence-corrected chi connectivity index (χ0v) is 12.5. The largest absolute Gasteiger partial charge is 0.397 e. The van der Waals surface area contributed by atoms with Crippen molar-refractivity contribution >= 4 is 22.7 Å². The molecule has 0 aliphatic carbocycles. The van der Waals surface area contributed by atoms with Crippen LogP contribution in [-0.4, -0.2) is 13.1 Å². The smallest absolute Gasteiger partial charge is 0.0620 e. The molecule has 0 fully saturated rings. The summed E-state index contributed by atoms with van der Waals surface area (Å²) in [6.45, 7) is 8.40. The summed E-state index contributed by atoms with van der Waals surface area (Å²) in [5, 5.41) is 3.37. The van der Waals surface area contributed by atoms with Gasteiger partial charge in [-0.3, -0.25) is 0 Å². The average molecular weight is 269 g/mol. The van der Waals surface area contributed by atoms with Gasteiger partial charge in [0.15, 0.2) is 0 Å². The Morgan fingerprint density at radius 1 is 1.00 bits per heavy atom. The van der Waals surface area contributed by atoms with Crippen LogP contribution in [-0.2, 0) is 0 Å². The van der Waals surface area contributed by atoms with Crippen LogP contribution in [0.15, 0.2) is 42.5 Å². The molecule has 3 N–H and O–H groups in total. The molecule has 0 atom stereocenters. The van der Waals surface area contributed by atoms with E-state index in [0.29, 0.717) is 0 Å². The second-order valence-corrected chi connectivity index (χ2v) is 4.88. The molecular formula is C17H23N3. The average Bonchev–Trinajstić information content (AvgIpc) is 2.47. The van der Waals surface area contributed by atoms with Gasteiger partial charge in [-0.15, -0.1) is 0 Å². The lowest BCUT2D eigenvalue weighted by Gasteiger charge is -2.21. The fourth-order valence-corrected chi connectivity index (χ4v) is 2.29. The van der Waals surface area contributed by atoms with Crippen LogP contribution in [0.5, 0.6) is 0 Å². The minimum absolute atomic E-state index is 0.806. The van der Waals surface area contributed by atoms with Gasteiger partial charge in [-0.25, -0.2) is 0 Å². The lowest BCUT2D eigenvalue weighted by Crippen LogP contribution is -2.21. The van der Waals surface area contributed by atoms with Crippen LogP contribution >= 0.6 is 0 Å². The Bertz CT molecular complexity index is 557. The number of hydrogen-bond donors (Lipinski definition) is 2. The van der Waals surface area contributed by atoms with Gasteiger partial charge in [0.2, 0.25) is 0 Å². The Hall–Kier alpha value is -2.16. The second-order valence-electron chi connectivity index (χ2n) is 4.88. The molecular weight excluding hydrogens is 246 g/mol. The fourth-order valence-electron chi connectivity index (χ4n) is 2.29. The van der Waals surface area contributed by atoms with Crippen molar-refractivity contribution in [2.24, 2.45) is 0 Å². The van der Waals surface area contributed by atoms with Gasteiger partial charge in [-0.2, -0.15) is 0 Å². The van der Waals surface area contributed by atoms with Gasteiger partial charge in [0.1, 0.15) is 0 Å². The fraction of sp³-hybridized carbons (Fsp3) is 0.294. The predicted molar refractivity (Wildman–Crippen MR) is 88.9 cm³/mol. The highest BCUT2D eigenvalue weighted by molar-refractivity contribution is 5.75. The van der Waals surface area contributed by atoms with Crippen molar-refractivity contribution in [3.8, 4) is 0 Å². The van der Waals surface area contributed by atoms with Gasteiger partial charge in [0, 0.05) is 24.5 Å². The Balaban J connectivity index is 2.17. The van der Waals surface area contributed by atoms with E-state index in [-0.39, 0.29) is 0 Å². The Labute approximate surface area is 121 Å². The molecule has 0 saturated carbocycles. The maximum atomic E-state index is 6.08. The van der Waals surface area contributed by atoms with Crippen LogP contribution in [0, 0.1) is 6.92 Å². The molecule has 0 radical (unpaired) electrons. The topological polar surface area (TPSA) is 41.3 Å². The van der Waals surface area contributed by atoms with Gasteiger partial charge < -0.3 is 16.0 Å². The number of rotatable bonds is 5. The van der Waals surface area contributed by atoms with Crippen LogP contribution in [0.1, 0.15) is 19.4 Å². The third-order valence-electron chi connectivity index (χ3n) is 3.60. The lowest BCUT2D eigenvalue weighted by molar-refractivity contribution is 0.866. The van der Waals surface area contributed by atoms with Gasteiger partial charge in [-0.1, -0.05) is 12.1 Å². The van der Waals surface area contributed by atoms with Crippen molar-refractivity contribution in [3.63, 3.8) is 0 Å². The molecule has 0 aliphatic heterocycles. The van der Waals surface area contributed by atoms with E-state index in [0.717, 1.165) is 35.7 Å². The van der Waals surface area contributed by atoms with Gasteiger partial charge in [0.05, 0.1) is 11.4 Å². The maximum Gasteiger partial charge on any atom is 0.0620 e.